The molecule has 1 aliphatic heterocycles. The van der Waals surface area contributed by atoms with Gasteiger partial charge in [0.25, 0.3) is 0 Å². The Morgan fingerprint density at radius 3 is 1.97 bits per heavy atom. The first-order valence-electron chi connectivity index (χ1n) is 20.4. The summed E-state index contributed by atoms with van der Waals surface area (Å²) >= 11 is 0. The van der Waals surface area contributed by atoms with E-state index >= 15 is 0 Å². The van der Waals surface area contributed by atoms with Crippen molar-refractivity contribution in [2.75, 3.05) is 16.8 Å². The van der Waals surface area contributed by atoms with Gasteiger partial charge < -0.3 is 23.7 Å². The maximum atomic E-state index is 6.77. The topological polar surface area (TPSA) is 38.5 Å². The normalized spacial score (nSPS) is 12.9. The second kappa shape index (κ2) is 14.4. The molecule has 304 valence electrons. The number of hydrogen-bond donors (Lipinski definition) is 0. The SMILES string of the molecule is Cc1cc(C)c2c3c(C)cc(C)c(C)c3n(-c3ccnc(-n4c5[c-]c(Oc6[c-]c(N7[CH-]N(C)c8ccccc87)cc(C(C)(C)C)c6)ccc5c5ccccc54)c3)c2c1C.[Pt]. The molecule has 10 rings (SSSR count). The van der Waals surface area contributed by atoms with Crippen molar-refractivity contribution in [2.45, 2.75) is 67.7 Å². The number of rotatable bonds is 5. The molecule has 0 N–H and O–H groups in total. The summed E-state index contributed by atoms with van der Waals surface area (Å²) in [4.78, 5) is 9.40. The predicted octanol–water partition coefficient (Wildman–Crippen LogP) is 13.5. The zero-order chi connectivity index (χ0) is 41.1. The molecule has 1 aliphatic rings. The molecule has 0 atom stereocenters. The molecule has 0 bridgehead atoms. The van der Waals surface area contributed by atoms with E-state index in [-0.39, 0.29) is 26.5 Å². The van der Waals surface area contributed by atoms with Crippen LogP contribution in [0.5, 0.6) is 11.5 Å². The van der Waals surface area contributed by atoms with E-state index in [1.807, 2.05) is 12.3 Å². The molecule has 0 amide bonds. The van der Waals surface area contributed by atoms with Gasteiger partial charge in [0, 0.05) is 72.5 Å². The van der Waals surface area contributed by atoms with Crippen molar-refractivity contribution in [1.82, 2.24) is 14.1 Å². The number of anilines is 3. The van der Waals surface area contributed by atoms with Crippen molar-refractivity contribution in [1.29, 1.82) is 0 Å². The van der Waals surface area contributed by atoms with Crippen molar-refractivity contribution >= 4 is 60.7 Å². The fraction of sp³-hybridized carbons (Fsp3) is 0.208. The minimum atomic E-state index is -0.119. The zero-order valence-corrected chi connectivity index (χ0v) is 38.1. The van der Waals surface area contributed by atoms with Crippen molar-refractivity contribution < 1.29 is 25.8 Å². The van der Waals surface area contributed by atoms with Crippen LogP contribution >= 0.6 is 0 Å². The fourth-order valence-corrected chi connectivity index (χ4v) is 9.25. The molecule has 3 aromatic heterocycles. The van der Waals surface area contributed by atoms with Crippen LogP contribution < -0.4 is 14.5 Å². The van der Waals surface area contributed by atoms with Gasteiger partial charge in [0.05, 0.1) is 16.7 Å². The van der Waals surface area contributed by atoms with Gasteiger partial charge >= 0.3 is 0 Å². The average molecular weight is 966 g/mol. The zero-order valence-electron chi connectivity index (χ0n) is 35.9. The van der Waals surface area contributed by atoms with E-state index in [0.717, 1.165) is 55.9 Å². The van der Waals surface area contributed by atoms with E-state index in [0.29, 0.717) is 11.5 Å². The number of hydrogen-bond acceptors (Lipinski definition) is 4. The van der Waals surface area contributed by atoms with Gasteiger partial charge in [-0.1, -0.05) is 68.8 Å². The summed E-state index contributed by atoms with van der Waals surface area (Å²) in [6.45, 7) is 22.3. The number of ether oxygens (including phenoxy) is 1. The summed E-state index contributed by atoms with van der Waals surface area (Å²) in [7, 11) is 2.08. The van der Waals surface area contributed by atoms with Gasteiger partial charge in [-0.25, -0.2) is 4.98 Å². The maximum Gasteiger partial charge on any atom is 0.137 e. The molecule has 6 nitrogen and oxygen atoms in total. The Kier molecular flexibility index (Phi) is 9.52. The van der Waals surface area contributed by atoms with Crippen LogP contribution in [0.25, 0.3) is 55.1 Å². The van der Waals surface area contributed by atoms with Crippen molar-refractivity contribution in [2.24, 2.45) is 0 Å². The van der Waals surface area contributed by atoms with Crippen LogP contribution in [0.15, 0.2) is 103 Å². The van der Waals surface area contributed by atoms with E-state index in [9.17, 15) is 0 Å². The molecular formula is C53H48N5OPt-3. The van der Waals surface area contributed by atoms with E-state index in [1.54, 1.807) is 0 Å². The molecule has 0 fully saturated rings. The van der Waals surface area contributed by atoms with E-state index < -0.39 is 0 Å². The van der Waals surface area contributed by atoms with Crippen molar-refractivity contribution in [3.63, 3.8) is 0 Å². The van der Waals surface area contributed by atoms with Crippen LogP contribution in [-0.4, -0.2) is 21.2 Å². The number of fused-ring (bicyclic) bond motifs is 7. The molecule has 0 radical (unpaired) electrons. The van der Waals surface area contributed by atoms with E-state index in [4.69, 9.17) is 9.72 Å². The molecular weight excluding hydrogens is 918 g/mol. The summed E-state index contributed by atoms with van der Waals surface area (Å²) in [5.74, 6) is 2.07. The summed E-state index contributed by atoms with van der Waals surface area (Å²) in [5.41, 5.74) is 17.5. The van der Waals surface area contributed by atoms with Crippen LogP contribution in [0.4, 0.5) is 17.1 Å². The third kappa shape index (κ3) is 6.14. The number of para-hydroxylation sites is 3. The summed E-state index contributed by atoms with van der Waals surface area (Å²) in [6, 6.07) is 41.8. The van der Waals surface area contributed by atoms with Crippen LogP contribution in [0.1, 0.15) is 59.7 Å². The Balaban J connectivity index is 0.00000462. The Morgan fingerprint density at radius 1 is 0.633 bits per heavy atom. The molecule has 0 saturated heterocycles. The van der Waals surface area contributed by atoms with Crippen molar-refractivity contribution in [3.8, 4) is 23.0 Å². The summed E-state index contributed by atoms with van der Waals surface area (Å²) in [5, 5.41) is 4.86. The quantitative estimate of drug-likeness (QED) is 0.161. The Hall–Kier alpha value is -5.84. The minimum absolute atomic E-state index is 0. The van der Waals surface area contributed by atoms with Crippen LogP contribution in [0, 0.1) is 60.3 Å². The molecule has 60 heavy (non-hydrogen) atoms. The second-order valence-electron chi connectivity index (χ2n) is 17.4. The first-order valence-corrected chi connectivity index (χ1v) is 20.4. The number of nitrogens with zero attached hydrogens (tertiary/aromatic N) is 5. The first-order chi connectivity index (χ1) is 28.3. The molecule has 7 heteroatoms. The third-order valence-corrected chi connectivity index (χ3v) is 12.5. The minimum Gasteiger partial charge on any atom is -0.509 e. The van der Waals surface area contributed by atoms with Gasteiger partial charge in [0.1, 0.15) is 5.82 Å². The van der Waals surface area contributed by atoms with Gasteiger partial charge in [0.15, 0.2) is 0 Å². The number of aryl methyl sites for hydroxylation is 6. The largest absolute Gasteiger partial charge is 0.509 e. The second-order valence-corrected chi connectivity index (χ2v) is 17.4. The number of pyridine rings is 1. The predicted molar refractivity (Wildman–Crippen MR) is 246 cm³/mol. The average Bonchev–Trinajstić information content (AvgIpc) is 3.87. The molecule has 0 saturated carbocycles. The summed E-state index contributed by atoms with van der Waals surface area (Å²) in [6.07, 6.45) is 1.94. The van der Waals surface area contributed by atoms with Gasteiger partial charge in [0.2, 0.25) is 0 Å². The number of aromatic nitrogens is 3. The maximum absolute atomic E-state index is 6.77. The van der Waals surface area contributed by atoms with Gasteiger partial charge in [-0.2, -0.15) is 12.7 Å². The van der Waals surface area contributed by atoms with Gasteiger partial charge in [-0.15, -0.1) is 47.0 Å². The van der Waals surface area contributed by atoms with E-state index in [2.05, 4.69) is 198 Å². The molecule has 0 spiro atoms. The molecule has 4 heterocycles. The summed E-state index contributed by atoms with van der Waals surface area (Å²) < 4.78 is 11.5. The Labute approximate surface area is 367 Å². The smallest absolute Gasteiger partial charge is 0.137 e. The van der Waals surface area contributed by atoms with Crippen molar-refractivity contribution in [3.05, 3.63) is 161 Å². The molecule has 6 aromatic carbocycles. The van der Waals surface area contributed by atoms with Crippen LogP contribution in [0.3, 0.4) is 0 Å². The van der Waals surface area contributed by atoms with Gasteiger partial charge in [-0.05, 0) is 117 Å². The third-order valence-electron chi connectivity index (χ3n) is 12.5. The molecule has 9 aromatic rings. The number of benzene rings is 6. The Bertz CT molecular complexity index is 3130. The molecule has 0 unspecified atom stereocenters. The van der Waals surface area contributed by atoms with Gasteiger partial charge in [-0.3, -0.25) is 0 Å². The first kappa shape index (κ1) is 39.6. The van der Waals surface area contributed by atoms with E-state index in [1.165, 1.54) is 55.2 Å². The Morgan fingerprint density at radius 2 is 1.28 bits per heavy atom. The molecule has 0 aliphatic carbocycles. The van der Waals surface area contributed by atoms with Crippen LogP contribution in [0.2, 0.25) is 0 Å². The van der Waals surface area contributed by atoms with Crippen LogP contribution in [-0.2, 0) is 26.5 Å². The monoisotopic (exact) mass is 965 g/mol. The fourth-order valence-electron chi connectivity index (χ4n) is 9.25. The standard InChI is InChI=1S/C53H48N5O.Pt/c1-31-23-33(3)49-50-34(4)24-32(2)36(6)52(50)57(51(49)35(31)5)38-21-22-54-48(28-38)58-44-16-12-11-15-42(44)43-20-19-40(29-47(43)58)59-41-26-37(53(7,8)9)25-39(27-41)56-30-55(10)45-17-13-14-18-46(45)56;/h11-26,28,30H,1-10H3;/q-3;.